The van der Waals surface area contributed by atoms with Crippen LogP contribution in [0.15, 0.2) is 18.2 Å². The Bertz CT molecular complexity index is 482. The lowest BCUT2D eigenvalue weighted by Crippen LogP contribution is -2.49. The van der Waals surface area contributed by atoms with Gasteiger partial charge in [-0.05, 0) is 26.0 Å². The van der Waals surface area contributed by atoms with Crippen molar-refractivity contribution in [2.75, 3.05) is 51.2 Å². The maximum absolute atomic E-state index is 12.7. The average Bonchev–Trinajstić information content (AvgIpc) is 2.50. The summed E-state index contributed by atoms with van der Waals surface area (Å²) in [6, 6.07) is 5.96. The molecule has 0 radical (unpaired) electrons. The number of carbonyl (C=O) groups excluding carboxylic acids is 1. The molecule has 1 amide bonds. The Hall–Kier alpha value is -1.59. The summed E-state index contributed by atoms with van der Waals surface area (Å²) in [5.41, 5.74) is 2.76. The largest absolute Gasteiger partial charge is 0.395 e. The first-order valence-electron chi connectivity index (χ1n) is 7.62. The molecule has 116 valence electrons. The monoisotopic (exact) mass is 291 g/mol. The fourth-order valence-corrected chi connectivity index (χ4v) is 2.67. The van der Waals surface area contributed by atoms with Crippen LogP contribution in [0.25, 0.3) is 0 Å². The number of nitrogens with one attached hydrogen (secondary N) is 1. The second-order valence-electron chi connectivity index (χ2n) is 5.44. The summed E-state index contributed by atoms with van der Waals surface area (Å²) in [4.78, 5) is 16.8. The van der Waals surface area contributed by atoms with Gasteiger partial charge in [0.15, 0.2) is 0 Å². The number of nitrogens with zero attached hydrogens (tertiary/aromatic N) is 2. The van der Waals surface area contributed by atoms with Crippen LogP contribution in [-0.4, -0.2) is 66.7 Å². The van der Waals surface area contributed by atoms with E-state index in [9.17, 15) is 4.79 Å². The lowest BCUT2D eigenvalue weighted by atomic mass is 10.1. The smallest absolute Gasteiger partial charge is 0.256 e. The number of aliphatic hydroxyl groups is 1. The zero-order chi connectivity index (χ0) is 15.2. The second kappa shape index (κ2) is 7.43. The van der Waals surface area contributed by atoms with Crippen molar-refractivity contribution < 1.29 is 9.90 Å². The van der Waals surface area contributed by atoms with E-state index in [1.54, 1.807) is 0 Å². The van der Waals surface area contributed by atoms with Gasteiger partial charge < -0.3 is 15.3 Å². The number of amides is 1. The van der Waals surface area contributed by atoms with E-state index in [4.69, 9.17) is 5.11 Å². The summed E-state index contributed by atoms with van der Waals surface area (Å²) in [5.74, 6) is 0.0956. The third-order valence-corrected chi connectivity index (χ3v) is 3.85. The van der Waals surface area contributed by atoms with E-state index in [1.165, 1.54) is 0 Å². The number of rotatable bonds is 5. The van der Waals surface area contributed by atoms with Crippen molar-refractivity contribution >= 4 is 11.6 Å². The van der Waals surface area contributed by atoms with Gasteiger partial charge in [-0.15, -0.1) is 0 Å². The SMILES string of the molecule is CCNc1ccc(C)cc1C(=O)N1CCN(CCO)CC1. The molecule has 5 nitrogen and oxygen atoms in total. The number of benzene rings is 1. The highest BCUT2D eigenvalue weighted by molar-refractivity contribution is 5.99. The average molecular weight is 291 g/mol. The normalized spacial score (nSPS) is 16.0. The Balaban J connectivity index is 2.08. The van der Waals surface area contributed by atoms with Crippen LogP contribution in [0.5, 0.6) is 0 Å². The third kappa shape index (κ3) is 3.95. The maximum atomic E-state index is 12.7. The molecule has 2 N–H and O–H groups in total. The standard InChI is InChI=1S/C16H25N3O2/c1-3-17-15-5-4-13(2)12-14(15)16(21)19-8-6-18(7-9-19)10-11-20/h4-5,12,17,20H,3,6-11H2,1-2H3. The molecule has 21 heavy (non-hydrogen) atoms. The first-order chi connectivity index (χ1) is 10.2. The predicted octanol–water partition coefficient (Wildman–Crippen LogP) is 1.18. The van der Waals surface area contributed by atoms with E-state index in [0.717, 1.165) is 49.5 Å². The van der Waals surface area contributed by atoms with Crippen LogP contribution in [-0.2, 0) is 0 Å². The molecular weight excluding hydrogens is 266 g/mol. The summed E-state index contributed by atoms with van der Waals surface area (Å²) < 4.78 is 0. The molecule has 0 saturated carbocycles. The Morgan fingerprint density at radius 3 is 2.62 bits per heavy atom. The number of hydrogen-bond acceptors (Lipinski definition) is 4. The lowest BCUT2D eigenvalue weighted by molar-refractivity contribution is 0.0616. The first kappa shape index (κ1) is 15.8. The van der Waals surface area contributed by atoms with Crippen molar-refractivity contribution in [2.45, 2.75) is 13.8 Å². The van der Waals surface area contributed by atoms with Gasteiger partial charge in [-0.2, -0.15) is 0 Å². The Morgan fingerprint density at radius 1 is 1.29 bits per heavy atom. The van der Waals surface area contributed by atoms with Crippen LogP contribution < -0.4 is 5.32 Å². The van der Waals surface area contributed by atoms with Crippen molar-refractivity contribution in [3.05, 3.63) is 29.3 Å². The first-order valence-corrected chi connectivity index (χ1v) is 7.62. The molecule has 1 aliphatic rings. The number of piperazine rings is 1. The summed E-state index contributed by atoms with van der Waals surface area (Å²) in [6.45, 7) is 8.80. The van der Waals surface area contributed by atoms with Gasteiger partial charge in [-0.3, -0.25) is 9.69 Å². The van der Waals surface area contributed by atoms with Gasteiger partial charge in [0.05, 0.1) is 12.2 Å². The molecule has 1 heterocycles. The molecule has 0 spiro atoms. The lowest BCUT2D eigenvalue weighted by Gasteiger charge is -2.34. The van der Waals surface area contributed by atoms with Crippen molar-refractivity contribution in [1.29, 1.82) is 0 Å². The molecule has 0 aromatic heterocycles. The highest BCUT2D eigenvalue weighted by atomic mass is 16.3. The fraction of sp³-hybridized carbons (Fsp3) is 0.562. The topological polar surface area (TPSA) is 55.8 Å². The van der Waals surface area contributed by atoms with E-state index < -0.39 is 0 Å². The Morgan fingerprint density at radius 2 is 2.00 bits per heavy atom. The molecule has 1 saturated heterocycles. The van der Waals surface area contributed by atoms with Crippen molar-refractivity contribution in [2.24, 2.45) is 0 Å². The van der Waals surface area contributed by atoms with E-state index in [2.05, 4.69) is 10.2 Å². The van der Waals surface area contributed by atoms with E-state index in [1.807, 2.05) is 36.9 Å². The number of hydrogen-bond donors (Lipinski definition) is 2. The quantitative estimate of drug-likeness (QED) is 0.855. The summed E-state index contributed by atoms with van der Waals surface area (Å²) >= 11 is 0. The number of carbonyl (C=O) groups is 1. The van der Waals surface area contributed by atoms with Gasteiger partial charge in [0.2, 0.25) is 0 Å². The van der Waals surface area contributed by atoms with Gasteiger partial charge in [-0.1, -0.05) is 11.6 Å². The molecule has 1 aliphatic heterocycles. The van der Waals surface area contributed by atoms with Crippen molar-refractivity contribution in [3.8, 4) is 0 Å². The van der Waals surface area contributed by atoms with Crippen LogP contribution in [0, 0.1) is 6.92 Å². The minimum atomic E-state index is 0.0956. The molecule has 1 fully saturated rings. The Kier molecular flexibility index (Phi) is 5.59. The minimum Gasteiger partial charge on any atom is -0.395 e. The van der Waals surface area contributed by atoms with E-state index in [-0.39, 0.29) is 12.5 Å². The molecule has 0 unspecified atom stereocenters. The molecule has 1 aromatic rings. The number of anilines is 1. The number of aryl methyl sites for hydroxylation is 1. The van der Waals surface area contributed by atoms with Crippen molar-refractivity contribution in [1.82, 2.24) is 9.80 Å². The molecule has 0 aliphatic carbocycles. The zero-order valence-electron chi connectivity index (χ0n) is 12.9. The summed E-state index contributed by atoms with van der Waals surface area (Å²) in [6.07, 6.45) is 0. The molecule has 0 bridgehead atoms. The van der Waals surface area contributed by atoms with Gasteiger partial charge >= 0.3 is 0 Å². The summed E-state index contributed by atoms with van der Waals surface area (Å²) in [7, 11) is 0. The van der Waals surface area contributed by atoms with Gasteiger partial charge in [0.25, 0.3) is 5.91 Å². The Labute approximate surface area is 126 Å². The van der Waals surface area contributed by atoms with Crippen LogP contribution in [0.4, 0.5) is 5.69 Å². The maximum Gasteiger partial charge on any atom is 0.256 e. The fourth-order valence-electron chi connectivity index (χ4n) is 2.67. The van der Waals surface area contributed by atoms with E-state index in [0.29, 0.717) is 6.54 Å². The molecule has 1 aromatic carbocycles. The number of β-amino-alcohol motifs (C(OH)–C–C–N with tert-alkyl or cyclic N) is 1. The highest BCUT2D eigenvalue weighted by Crippen LogP contribution is 2.20. The third-order valence-electron chi connectivity index (χ3n) is 3.85. The van der Waals surface area contributed by atoms with Gasteiger partial charge in [0, 0.05) is 45.0 Å². The molecule has 5 heteroatoms. The minimum absolute atomic E-state index is 0.0956. The summed E-state index contributed by atoms with van der Waals surface area (Å²) in [5, 5.41) is 12.2. The second-order valence-corrected chi connectivity index (χ2v) is 5.44. The van der Waals surface area contributed by atoms with Crippen LogP contribution in [0.2, 0.25) is 0 Å². The van der Waals surface area contributed by atoms with E-state index >= 15 is 0 Å². The number of aliphatic hydroxyl groups excluding tert-OH is 1. The van der Waals surface area contributed by atoms with Crippen molar-refractivity contribution in [3.63, 3.8) is 0 Å². The molecule has 0 atom stereocenters. The van der Waals surface area contributed by atoms with Crippen LogP contribution in [0.1, 0.15) is 22.8 Å². The zero-order valence-corrected chi connectivity index (χ0v) is 12.9. The molecular formula is C16H25N3O2. The van der Waals surface area contributed by atoms with Crippen LogP contribution >= 0.6 is 0 Å². The highest BCUT2D eigenvalue weighted by Gasteiger charge is 2.23. The van der Waals surface area contributed by atoms with Gasteiger partial charge in [0.1, 0.15) is 0 Å². The predicted molar refractivity (Wildman–Crippen MR) is 84.8 cm³/mol. The molecule has 2 rings (SSSR count). The van der Waals surface area contributed by atoms with Crippen LogP contribution in [0.3, 0.4) is 0 Å². The van der Waals surface area contributed by atoms with Gasteiger partial charge in [-0.25, -0.2) is 0 Å².